The summed E-state index contributed by atoms with van der Waals surface area (Å²) < 4.78 is 4.41. The van der Waals surface area contributed by atoms with Gasteiger partial charge in [0, 0.05) is 23.4 Å². The van der Waals surface area contributed by atoms with Gasteiger partial charge in [-0.2, -0.15) is 0 Å². The number of anilines is 1. The normalized spacial score (nSPS) is 12.3. The molecule has 0 saturated carbocycles. The van der Waals surface area contributed by atoms with Gasteiger partial charge in [0.15, 0.2) is 0 Å². The minimum absolute atomic E-state index is 0.00333. The highest BCUT2D eigenvalue weighted by Crippen LogP contribution is 2.30. The van der Waals surface area contributed by atoms with Gasteiger partial charge in [0.1, 0.15) is 0 Å². The number of esters is 2. The summed E-state index contributed by atoms with van der Waals surface area (Å²) in [6, 6.07) is 6.54. The molecule has 1 N–H and O–H groups in total. The summed E-state index contributed by atoms with van der Waals surface area (Å²) in [4.78, 5) is 55.0. The van der Waals surface area contributed by atoms with Gasteiger partial charge in [-0.1, -0.05) is 0 Å². The number of hydrogen-bond acceptors (Lipinski definition) is 8. The summed E-state index contributed by atoms with van der Waals surface area (Å²) in [5, 5.41) is 24.1. The maximum atomic E-state index is 12.3. The van der Waals surface area contributed by atoms with Crippen molar-refractivity contribution in [3.63, 3.8) is 0 Å². The Labute approximate surface area is 143 Å². The summed E-state index contributed by atoms with van der Waals surface area (Å²) in [7, 11) is 0. The van der Waals surface area contributed by atoms with Gasteiger partial charge < -0.3 is 10.1 Å². The molecule has 2 aromatic rings. The Morgan fingerprint density at radius 1 is 0.885 bits per heavy atom. The second kappa shape index (κ2) is 6.05. The quantitative estimate of drug-likeness (QED) is 0.377. The van der Waals surface area contributed by atoms with Gasteiger partial charge in [0.05, 0.1) is 21.0 Å². The van der Waals surface area contributed by atoms with Crippen LogP contribution in [0.1, 0.15) is 31.1 Å². The van der Waals surface area contributed by atoms with Gasteiger partial charge in [-0.15, -0.1) is 0 Å². The van der Waals surface area contributed by atoms with Crippen LogP contribution in [0.2, 0.25) is 0 Å². The lowest BCUT2D eigenvalue weighted by Crippen LogP contribution is -2.13. The molecular weight excluding hydrogens is 350 g/mol. The third-order valence-corrected chi connectivity index (χ3v) is 3.53. The zero-order valence-corrected chi connectivity index (χ0v) is 12.6. The Balaban J connectivity index is 1.89. The molecule has 1 heterocycles. The second-order valence-electron chi connectivity index (χ2n) is 5.11. The highest BCUT2D eigenvalue weighted by molar-refractivity contribution is 6.16. The Hall–Kier alpha value is -4.15. The monoisotopic (exact) mass is 357 g/mol. The summed E-state index contributed by atoms with van der Waals surface area (Å²) in [5.41, 5.74) is -1.60. The molecule has 26 heavy (non-hydrogen) atoms. The first-order valence-corrected chi connectivity index (χ1v) is 6.92. The van der Waals surface area contributed by atoms with Gasteiger partial charge >= 0.3 is 23.3 Å². The van der Waals surface area contributed by atoms with E-state index in [1.807, 2.05) is 0 Å². The number of carbonyl (C=O) groups excluding carboxylic acids is 3. The predicted octanol–water partition coefficient (Wildman–Crippen LogP) is 2.07. The lowest BCUT2D eigenvalue weighted by Gasteiger charge is -2.06. The highest BCUT2D eigenvalue weighted by atomic mass is 16.6. The fraction of sp³-hybridized carbons (Fsp3) is 0. The molecule has 0 unspecified atom stereocenters. The number of benzene rings is 2. The smallest absolute Gasteiger partial charge is 0.348 e. The van der Waals surface area contributed by atoms with Crippen LogP contribution in [0, 0.1) is 20.2 Å². The summed E-state index contributed by atoms with van der Waals surface area (Å²) in [6.07, 6.45) is 0. The average Bonchev–Trinajstić information content (AvgIpc) is 2.88. The van der Waals surface area contributed by atoms with Crippen LogP contribution < -0.4 is 5.32 Å². The van der Waals surface area contributed by atoms with Gasteiger partial charge in [-0.3, -0.25) is 25.0 Å². The van der Waals surface area contributed by atoms with Crippen LogP contribution in [0.25, 0.3) is 0 Å². The molecule has 0 atom stereocenters. The van der Waals surface area contributed by atoms with Crippen molar-refractivity contribution in [3.05, 3.63) is 73.3 Å². The highest BCUT2D eigenvalue weighted by Gasteiger charge is 2.30. The number of ether oxygens (including phenoxy) is 1. The zero-order chi connectivity index (χ0) is 19.0. The number of nitrogens with one attached hydrogen (secondary N) is 1. The summed E-state index contributed by atoms with van der Waals surface area (Å²) >= 11 is 0. The number of rotatable bonds is 4. The van der Waals surface area contributed by atoms with Gasteiger partial charge in [0.2, 0.25) is 0 Å². The Morgan fingerprint density at radius 2 is 1.54 bits per heavy atom. The van der Waals surface area contributed by atoms with E-state index >= 15 is 0 Å². The summed E-state index contributed by atoms with van der Waals surface area (Å²) in [6.45, 7) is 0. The first-order chi connectivity index (χ1) is 12.3. The molecular formula is C15H7N3O8. The standard InChI is InChI=1S/C15H7N3O8/c19-13(7-1-3-9-10(5-7)15(21)26-14(9)20)16-8-2-4-11(17(22)23)12(6-8)18(24)25/h1-6H,(H,16,19). The van der Waals surface area contributed by atoms with Crippen LogP contribution in [0.15, 0.2) is 36.4 Å². The van der Waals surface area contributed by atoms with E-state index < -0.39 is 39.1 Å². The number of carbonyl (C=O) groups is 3. The van der Waals surface area contributed by atoms with E-state index in [1.165, 1.54) is 12.1 Å². The molecule has 1 amide bonds. The second-order valence-corrected chi connectivity index (χ2v) is 5.11. The topological polar surface area (TPSA) is 159 Å². The molecule has 1 aliphatic heterocycles. The van der Waals surface area contributed by atoms with Gasteiger partial charge in [0.25, 0.3) is 5.91 Å². The van der Waals surface area contributed by atoms with Gasteiger partial charge in [-0.05, 0) is 24.3 Å². The van der Waals surface area contributed by atoms with Gasteiger partial charge in [-0.25, -0.2) is 9.59 Å². The van der Waals surface area contributed by atoms with Crippen LogP contribution in [-0.2, 0) is 4.74 Å². The van der Waals surface area contributed by atoms with Crippen LogP contribution >= 0.6 is 0 Å². The van der Waals surface area contributed by atoms with Crippen molar-refractivity contribution in [3.8, 4) is 0 Å². The number of cyclic esters (lactones) is 2. The third kappa shape index (κ3) is 2.84. The minimum atomic E-state index is -0.940. The largest absolute Gasteiger partial charge is 0.386 e. The van der Waals surface area contributed by atoms with Crippen molar-refractivity contribution in [1.82, 2.24) is 0 Å². The zero-order valence-electron chi connectivity index (χ0n) is 12.6. The molecule has 11 nitrogen and oxygen atoms in total. The Morgan fingerprint density at radius 3 is 2.19 bits per heavy atom. The Bertz CT molecular complexity index is 1010. The van der Waals surface area contributed by atoms with Crippen molar-refractivity contribution in [2.45, 2.75) is 0 Å². The van der Waals surface area contributed by atoms with Crippen molar-refractivity contribution < 1.29 is 29.0 Å². The molecule has 11 heteroatoms. The maximum Gasteiger partial charge on any atom is 0.348 e. The molecule has 0 aromatic heterocycles. The average molecular weight is 357 g/mol. The van der Waals surface area contributed by atoms with Crippen LogP contribution in [0.4, 0.5) is 17.1 Å². The number of fused-ring (bicyclic) bond motifs is 1. The van der Waals surface area contributed by atoms with E-state index in [-0.39, 0.29) is 22.4 Å². The molecule has 0 fully saturated rings. The molecule has 0 aliphatic carbocycles. The van der Waals surface area contributed by atoms with E-state index in [0.29, 0.717) is 0 Å². The molecule has 1 aliphatic rings. The van der Waals surface area contributed by atoms with E-state index in [2.05, 4.69) is 10.1 Å². The third-order valence-electron chi connectivity index (χ3n) is 3.53. The lowest BCUT2D eigenvalue weighted by atomic mass is 10.1. The van der Waals surface area contributed by atoms with Crippen molar-refractivity contribution in [1.29, 1.82) is 0 Å². The minimum Gasteiger partial charge on any atom is -0.386 e. The van der Waals surface area contributed by atoms with E-state index in [4.69, 9.17) is 0 Å². The molecule has 0 spiro atoms. The van der Waals surface area contributed by atoms with Crippen LogP contribution in [0.5, 0.6) is 0 Å². The molecule has 0 bridgehead atoms. The molecule has 2 aromatic carbocycles. The predicted molar refractivity (Wildman–Crippen MR) is 83.9 cm³/mol. The number of nitro benzene ring substituents is 2. The fourth-order valence-electron chi connectivity index (χ4n) is 2.33. The number of hydrogen-bond donors (Lipinski definition) is 1. The fourth-order valence-corrected chi connectivity index (χ4v) is 2.33. The first kappa shape index (κ1) is 16.7. The van der Waals surface area contributed by atoms with Crippen molar-refractivity contribution >= 4 is 34.9 Å². The number of nitrogens with zero attached hydrogens (tertiary/aromatic N) is 2. The molecule has 130 valence electrons. The van der Waals surface area contributed by atoms with Crippen molar-refractivity contribution in [2.75, 3.05) is 5.32 Å². The molecule has 3 rings (SSSR count). The Kier molecular flexibility index (Phi) is 3.89. The maximum absolute atomic E-state index is 12.3. The van der Waals surface area contributed by atoms with Crippen LogP contribution in [-0.4, -0.2) is 27.7 Å². The lowest BCUT2D eigenvalue weighted by molar-refractivity contribution is -0.422. The molecule has 0 radical (unpaired) electrons. The van der Waals surface area contributed by atoms with Crippen molar-refractivity contribution in [2.24, 2.45) is 0 Å². The summed E-state index contributed by atoms with van der Waals surface area (Å²) in [5.74, 6) is -2.43. The SMILES string of the molecule is O=C(Nc1ccc([N+](=O)[O-])c([N+](=O)[O-])c1)c1ccc2c(c1)C(=O)OC2=O. The molecule has 0 saturated heterocycles. The first-order valence-electron chi connectivity index (χ1n) is 6.92. The van der Waals surface area contributed by atoms with E-state index in [0.717, 1.165) is 24.3 Å². The van der Waals surface area contributed by atoms with E-state index in [1.54, 1.807) is 0 Å². The van der Waals surface area contributed by atoms with E-state index in [9.17, 15) is 34.6 Å². The number of nitro groups is 2. The van der Waals surface area contributed by atoms with Crippen LogP contribution in [0.3, 0.4) is 0 Å². The number of amides is 1.